The Morgan fingerprint density at radius 1 is 1.17 bits per heavy atom. The van der Waals surface area contributed by atoms with E-state index in [-0.39, 0.29) is 0 Å². The van der Waals surface area contributed by atoms with Gasteiger partial charge in [-0.05, 0) is 30.7 Å². The van der Waals surface area contributed by atoms with Gasteiger partial charge in [-0.2, -0.15) is 0 Å². The molecule has 1 aromatic heterocycles. The third-order valence-corrected chi connectivity index (χ3v) is 3.86. The molecule has 1 saturated heterocycles. The number of aromatic nitrogens is 2. The van der Waals surface area contributed by atoms with E-state index in [0.29, 0.717) is 5.92 Å². The molecule has 0 aromatic carbocycles. The largest absolute Gasteiger partial charge is 0.341 e. The molecule has 0 N–H and O–H groups in total. The molecule has 0 aliphatic carbocycles. The van der Waals surface area contributed by atoms with E-state index in [1.165, 1.54) is 44.1 Å². The molecule has 1 aromatic rings. The summed E-state index contributed by atoms with van der Waals surface area (Å²) in [5.74, 6) is 1.50. The molecule has 100 valence electrons. The standard InChI is InChI=1S/C15H25N3/c1-3-4-5-8-13(2)14-11-16-15(17-12-14)18-9-6-7-10-18/h11-13H,3-10H2,1-2H3. The maximum atomic E-state index is 4.52. The summed E-state index contributed by atoms with van der Waals surface area (Å²) in [5.41, 5.74) is 1.29. The Hall–Kier alpha value is -1.12. The van der Waals surface area contributed by atoms with Crippen LogP contribution in [0.2, 0.25) is 0 Å². The molecule has 1 unspecified atom stereocenters. The van der Waals surface area contributed by atoms with Crippen molar-refractivity contribution in [3.8, 4) is 0 Å². The molecule has 3 nitrogen and oxygen atoms in total. The van der Waals surface area contributed by atoms with Crippen LogP contribution >= 0.6 is 0 Å². The molecule has 3 heteroatoms. The van der Waals surface area contributed by atoms with Crippen LogP contribution in [0, 0.1) is 0 Å². The van der Waals surface area contributed by atoms with Crippen LogP contribution < -0.4 is 4.90 Å². The van der Waals surface area contributed by atoms with Crippen LogP contribution in [0.15, 0.2) is 12.4 Å². The van der Waals surface area contributed by atoms with Crippen LogP contribution in [0.3, 0.4) is 0 Å². The molecular formula is C15H25N3. The lowest BCUT2D eigenvalue weighted by atomic mass is 9.98. The zero-order chi connectivity index (χ0) is 12.8. The summed E-state index contributed by atoms with van der Waals surface area (Å²) in [6, 6.07) is 0. The van der Waals surface area contributed by atoms with E-state index in [1.54, 1.807) is 0 Å². The highest BCUT2D eigenvalue weighted by molar-refractivity contribution is 5.31. The highest BCUT2D eigenvalue weighted by Gasteiger charge is 2.15. The van der Waals surface area contributed by atoms with Crippen molar-refractivity contribution in [3.05, 3.63) is 18.0 Å². The molecule has 2 heterocycles. The van der Waals surface area contributed by atoms with Gasteiger partial charge >= 0.3 is 0 Å². The van der Waals surface area contributed by atoms with Crippen LogP contribution in [0.1, 0.15) is 63.9 Å². The van der Waals surface area contributed by atoms with Crippen LogP contribution in [0.4, 0.5) is 5.95 Å². The molecule has 0 radical (unpaired) electrons. The molecule has 1 fully saturated rings. The highest BCUT2D eigenvalue weighted by atomic mass is 15.3. The van der Waals surface area contributed by atoms with Gasteiger partial charge in [0.25, 0.3) is 0 Å². The molecular weight excluding hydrogens is 222 g/mol. The van der Waals surface area contributed by atoms with Gasteiger partial charge in [-0.25, -0.2) is 9.97 Å². The summed E-state index contributed by atoms with van der Waals surface area (Å²) in [4.78, 5) is 11.3. The Morgan fingerprint density at radius 2 is 1.83 bits per heavy atom. The van der Waals surface area contributed by atoms with Gasteiger partial charge in [0.1, 0.15) is 0 Å². The second kappa shape index (κ2) is 6.72. The van der Waals surface area contributed by atoms with Crippen molar-refractivity contribution < 1.29 is 0 Å². The Morgan fingerprint density at radius 3 is 2.44 bits per heavy atom. The molecule has 1 atom stereocenters. The Balaban J connectivity index is 1.89. The summed E-state index contributed by atoms with van der Waals surface area (Å²) in [6.45, 7) is 6.76. The van der Waals surface area contributed by atoms with Crippen molar-refractivity contribution in [1.82, 2.24) is 9.97 Å². The first-order valence-electron chi connectivity index (χ1n) is 7.38. The first-order valence-corrected chi connectivity index (χ1v) is 7.38. The van der Waals surface area contributed by atoms with Crippen molar-refractivity contribution in [3.63, 3.8) is 0 Å². The summed E-state index contributed by atoms with van der Waals surface area (Å²) < 4.78 is 0. The van der Waals surface area contributed by atoms with Crippen molar-refractivity contribution in [2.75, 3.05) is 18.0 Å². The fourth-order valence-corrected chi connectivity index (χ4v) is 2.53. The van der Waals surface area contributed by atoms with Crippen LogP contribution in [0.5, 0.6) is 0 Å². The third-order valence-electron chi connectivity index (χ3n) is 3.86. The maximum Gasteiger partial charge on any atom is 0.225 e. The topological polar surface area (TPSA) is 29.0 Å². The second-order valence-electron chi connectivity index (χ2n) is 5.41. The monoisotopic (exact) mass is 247 g/mol. The molecule has 0 bridgehead atoms. The minimum absolute atomic E-state index is 0.587. The van der Waals surface area contributed by atoms with Gasteiger partial charge in [0, 0.05) is 25.5 Å². The van der Waals surface area contributed by atoms with E-state index < -0.39 is 0 Å². The zero-order valence-corrected chi connectivity index (χ0v) is 11.7. The number of nitrogens with zero attached hydrogens (tertiary/aromatic N) is 3. The van der Waals surface area contributed by atoms with E-state index >= 15 is 0 Å². The van der Waals surface area contributed by atoms with Gasteiger partial charge in [0.15, 0.2) is 0 Å². The zero-order valence-electron chi connectivity index (χ0n) is 11.7. The molecule has 18 heavy (non-hydrogen) atoms. The lowest BCUT2D eigenvalue weighted by molar-refractivity contribution is 0.595. The summed E-state index contributed by atoms with van der Waals surface area (Å²) in [7, 11) is 0. The second-order valence-corrected chi connectivity index (χ2v) is 5.41. The van der Waals surface area contributed by atoms with Crippen LogP contribution in [0.25, 0.3) is 0 Å². The van der Waals surface area contributed by atoms with Gasteiger partial charge in [0.2, 0.25) is 5.95 Å². The molecule has 1 aliphatic heterocycles. The number of unbranched alkanes of at least 4 members (excludes halogenated alkanes) is 2. The quantitative estimate of drug-likeness (QED) is 0.717. The number of hydrogen-bond acceptors (Lipinski definition) is 3. The van der Waals surface area contributed by atoms with E-state index in [0.717, 1.165) is 19.0 Å². The summed E-state index contributed by atoms with van der Waals surface area (Å²) >= 11 is 0. The normalized spacial score (nSPS) is 17.1. The first-order chi connectivity index (χ1) is 8.81. The summed E-state index contributed by atoms with van der Waals surface area (Å²) in [6.07, 6.45) is 11.8. The van der Waals surface area contributed by atoms with Gasteiger partial charge in [-0.3, -0.25) is 0 Å². The average molecular weight is 247 g/mol. The van der Waals surface area contributed by atoms with Crippen molar-refractivity contribution in [2.24, 2.45) is 0 Å². The smallest absolute Gasteiger partial charge is 0.225 e. The molecule has 2 rings (SSSR count). The minimum Gasteiger partial charge on any atom is -0.341 e. The van der Waals surface area contributed by atoms with Crippen molar-refractivity contribution in [2.45, 2.75) is 58.3 Å². The van der Waals surface area contributed by atoms with Gasteiger partial charge < -0.3 is 4.90 Å². The number of anilines is 1. The number of hydrogen-bond donors (Lipinski definition) is 0. The SMILES string of the molecule is CCCCCC(C)c1cnc(N2CCCC2)nc1. The van der Waals surface area contributed by atoms with E-state index in [1.807, 2.05) is 12.4 Å². The fraction of sp³-hybridized carbons (Fsp3) is 0.733. The summed E-state index contributed by atoms with van der Waals surface area (Å²) in [5, 5.41) is 0. The van der Waals surface area contributed by atoms with E-state index in [2.05, 4.69) is 28.7 Å². The predicted octanol–water partition coefficient (Wildman–Crippen LogP) is 3.76. The lowest BCUT2D eigenvalue weighted by Gasteiger charge is -2.16. The molecule has 0 saturated carbocycles. The first kappa shape index (κ1) is 13.3. The third kappa shape index (κ3) is 3.44. The number of rotatable bonds is 6. The van der Waals surface area contributed by atoms with E-state index in [4.69, 9.17) is 0 Å². The van der Waals surface area contributed by atoms with Crippen molar-refractivity contribution in [1.29, 1.82) is 0 Å². The predicted molar refractivity (Wildman–Crippen MR) is 76.0 cm³/mol. The highest BCUT2D eigenvalue weighted by Crippen LogP contribution is 2.22. The van der Waals surface area contributed by atoms with Crippen molar-refractivity contribution >= 4 is 5.95 Å². The minimum atomic E-state index is 0.587. The van der Waals surface area contributed by atoms with Gasteiger partial charge in [-0.15, -0.1) is 0 Å². The molecule has 1 aliphatic rings. The Bertz CT molecular complexity index is 341. The van der Waals surface area contributed by atoms with Crippen LogP contribution in [-0.2, 0) is 0 Å². The Kier molecular flexibility index (Phi) is 4.97. The maximum absolute atomic E-state index is 4.52. The van der Waals surface area contributed by atoms with E-state index in [9.17, 15) is 0 Å². The Labute approximate surface area is 111 Å². The lowest BCUT2D eigenvalue weighted by Crippen LogP contribution is -2.20. The average Bonchev–Trinajstić information content (AvgIpc) is 2.93. The molecule has 0 amide bonds. The fourth-order valence-electron chi connectivity index (χ4n) is 2.53. The van der Waals surface area contributed by atoms with Gasteiger partial charge in [-0.1, -0.05) is 33.1 Å². The molecule has 0 spiro atoms. The van der Waals surface area contributed by atoms with Gasteiger partial charge in [0.05, 0.1) is 0 Å². The van der Waals surface area contributed by atoms with Crippen LogP contribution in [-0.4, -0.2) is 23.1 Å².